The van der Waals surface area contributed by atoms with Crippen molar-refractivity contribution in [3.8, 4) is 0 Å². The van der Waals surface area contributed by atoms with Crippen molar-refractivity contribution in [2.75, 3.05) is 25.3 Å². The third-order valence-electron chi connectivity index (χ3n) is 7.10. The van der Waals surface area contributed by atoms with Gasteiger partial charge in [0.1, 0.15) is 11.6 Å². The van der Waals surface area contributed by atoms with Crippen molar-refractivity contribution in [3.05, 3.63) is 119 Å². The smallest absolute Gasteiger partial charge is 0.337 e. The number of benzene rings is 4. The Balaban J connectivity index is 0.000000176. The number of carbonyl (C=O) groups excluding carboxylic acids is 2. The summed E-state index contributed by atoms with van der Waals surface area (Å²) in [6.07, 6.45) is 3.62. The molecule has 3 N–H and O–H groups in total. The molecule has 0 saturated carbocycles. The van der Waals surface area contributed by atoms with Crippen LogP contribution in [0, 0.1) is 11.6 Å². The molecule has 47 heavy (non-hydrogen) atoms. The first-order valence-electron chi connectivity index (χ1n) is 14.2. The zero-order chi connectivity index (χ0) is 34.1. The highest BCUT2D eigenvalue weighted by molar-refractivity contribution is 9.08. The van der Waals surface area contributed by atoms with E-state index < -0.39 is 23.6 Å². The van der Waals surface area contributed by atoms with Gasteiger partial charge in [-0.05, 0) is 66.2 Å². The summed E-state index contributed by atoms with van der Waals surface area (Å²) >= 11 is 3.13. The van der Waals surface area contributed by atoms with Gasteiger partial charge in [0.2, 0.25) is 0 Å². The number of aryl methyl sites for hydroxylation is 2. The molecule has 13 heteroatoms. The van der Waals surface area contributed by atoms with Crippen molar-refractivity contribution in [2.24, 2.45) is 14.1 Å². The molecule has 0 saturated heterocycles. The molecule has 2 aromatic heterocycles. The van der Waals surface area contributed by atoms with Gasteiger partial charge in [-0.3, -0.25) is 9.36 Å². The Kier molecular flexibility index (Phi) is 11.6. The largest absolute Gasteiger partial charge is 0.465 e. The highest BCUT2D eigenvalue weighted by atomic mass is 79.9. The zero-order valence-corrected chi connectivity index (χ0v) is 27.7. The summed E-state index contributed by atoms with van der Waals surface area (Å²) in [6.45, 7) is 0.316. The molecule has 0 aliphatic carbocycles. The summed E-state index contributed by atoms with van der Waals surface area (Å²) < 4.78 is 39.8. The molecular formula is C34H33BrF2N6O4. The first-order chi connectivity index (χ1) is 22.5. The number of carbonyl (C=O) groups is 2. The van der Waals surface area contributed by atoms with E-state index in [0.717, 1.165) is 33.2 Å². The van der Waals surface area contributed by atoms with Crippen LogP contribution in [0.15, 0.2) is 85.2 Å². The number of rotatable bonds is 6. The lowest BCUT2D eigenvalue weighted by molar-refractivity contribution is 0.0591. The highest BCUT2D eigenvalue weighted by Crippen LogP contribution is 2.20. The highest BCUT2D eigenvalue weighted by Gasteiger charge is 2.11. The van der Waals surface area contributed by atoms with Crippen LogP contribution < -0.4 is 11.1 Å². The number of anilines is 2. The molecule has 0 spiro atoms. The maximum atomic E-state index is 14.1. The number of fused-ring (bicyclic) bond motifs is 2. The quantitative estimate of drug-likeness (QED) is 0.110. The minimum Gasteiger partial charge on any atom is -0.465 e. The number of nitrogen functional groups attached to an aromatic ring is 1. The second-order valence-corrected chi connectivity index (χ2v) is 10.8. The standard InChI is InChI=1S/C17H16FN3O2.C9H8BrFO2.C8H9N3/c1-21-16-8-14(6-5-13(16)10-20-21)19-9-12-4-3-11(7-15(12)18)17(22)23-2;1-13-9(12)6-2-3-7(5-10)8(11)4-6;1-11-8-4-7(9)3-2-6(8)5-10-11/h3-8,10,19H,9H2,1-2H3;2-4H,5H2,1H3;2-5H,9H2,1H3. The third kappa shape index (κ3) is 8.70. The minimum atomic E-state index is -0.551. The fourth-order valence-corrected chi connectivity index (χ4v) is 4.90. The Bertz CT molecular complexity index is 2030. The molecule has 0 atom stereocenters. The number of nitrogens with zero attached hydrogens (tertiary/aromatic N) is 4. The molecular weight excluding hydrogens is 674 g/mol. The molecule has 6 rings (SSSR count). The molecule has 0 bridgehead atoms. The summed E-state index contributed by atoms with van der Waals surface area (Å²) in [5.41, 5.74) is 10.8. The molecule has 0 unspecified atom stereocenters. The first kappa shape index (κ1) is 34.6. The lowest BCUT2D eigenvalue weighted by atomic mass is 10.1. The lowest BCUT2D eigenvalue weighted by Gasteiger charge is -2.09. The van der Waals surface area contributed by atoms with Crippen LogP contribution in [0.25, 0.3) is 21.8 Å². The van der Waals surface area contributed by atoms with Crippen molar-refractivity contribution in [2.45, 2.75) is 11.9 Å². The van der Waals surface area contributed by atoms with Crippen molar-refractivity contribution in [3.63, 3.8) is 0 Å². The molecule has 0 aliphatic heterocycles. The van der Waals surface area contributed by atoms with Gasteiger partial charge in [-0.25, -0.2) is 18.4 Å². The monoisotopic (exact) mass is 706 g/mol. The van der Waals surface area contributed by atoms with E-state index in [2.05, 4.69) is 40.9 Å². The number of nitrogens with two attached hydrogens (primary N) is 1. The van der Waals surface area contributed by atoms with Crippen molar-refractivity contribution in [1.29, 1.82) is 0 Å². The van der Waals surface area contributed by atoms with E-state index in [0.29, 0.717) is 23.0 Å². The Morgan fingerprint density at radius 3 is 1.79 bits per heavy atom. The van der Waals surface area contributed by atoms with E-state index in [1.807, 2.05) is 61.4 Å². The summed E-state index contributed by atoms with van der Waals surface area (Å²) in [6, 6.07) is 20.2. The van der Waals surface area contributed by atoms with Crippen LogP contribution in [-0.2, 0) is 35.4 Å². The molecule has 2 heterocycles. The number of hydrogen-bond acceptors (Lipinski definition) is 8. The molecule has 0 radical (unpaired) electrons. The number of hydrogen-bond donors (Lipinski definition) is 2. The van der Waals surface area contributed by atoms with E-state index in [1.165, 1.54) is 32.4 Å². The number of esters is 2. The SMILES string of the molecule is COC(=O)c1ccc(CBr)c(F)c1.COC(=O)c1ccc(CNc2ccc3cnn(C)c3c2)c(F)c1.Cn1ncc2ccc(N)cc21. The summed E-state index contributed by atoms with van der Waals surface area (Å²) in [5.74, 6) is -1.92. The second kappa shape index (κ2) is 15.8. The van der Waals surface area contributed by atoms with E-state index in [1.54, 1.807) is 29.1 Å². The van der Waals surface area contributed by atoms with Crippen LogP contribution in [0.4, 0.5) is 20.2 Å². The second-order valence-electron chi connectivity index (χ2n) is 10.2. The average Bonchev–Trinajstić information content (AvgIpc) is 3.64. The molecule has 0 amide bonds. The molecule has 0 fully saturated rings. The number of methoxy groups -OCH3 is 2. The Hall–Kier alpha value is -5.30. The van der Waals surface area contributed by atoms with Gasteiger partial charge in [0.05, 0.1) is 48.8 Å². The van der Waals surface area contributed by atoms with Crippen LogP contribution in [0.1, 0.15) is 31.8 Å². The Morgan fingerprint density at radius 2 is 1.28 bits per heavy atom. The van der Waals surface area contributed by atoms with Crippen LogP contribution in [0.2, 0.25) is 0 Å². The van der Waals surface area contributed by atoms with Crippen molar-refractivity contribution in [1.82, 2.24) is 19.6 Å². The average molecular weight is 708 g/mol. The van der Waals surface area contributed by atoms with Gasteiger partial charge in [0.25, 0.3) is 0 Å². The van der Waals surface area contributed by atoms with Gasteiger partial charge in [-0.2, -0.15) is 10.2 Å². The molecule has 0 aliphatic rings. The fraction of sp³-hybridized carbons (Fsp3) is 0.176. The van der Waals surface area contributed by atoms with Gasteiger partial charge in [0, 0.05) is 53.7 Å². The molecule has 6 aromatic rings. The first-order valence-corrected chi connectivity index (χ1v) is 15.3. The number of ether oxygens (including phenoxy) is 2. The van der Waals surface area contributed by atoms with E-state index in [-0.39, 0.29) is 11.1 Å². The number of alkyl halides is 1. The van der Waals surface area contributed by atoms with E-state index in [9.17, 15) is 18.4 Å². The normalized spacial score (nSPS) is 10.4. The summed E-state index contributed by atoms with van der Waals surface area (Å²) in [5, 5.41) is 14.1. The number of nitrogens with one attached hydrogen (secondary N) is 1. The van der Waals surface area contributed by atoms with Crippen molar-refractivity contribution < 1.29 is 27.8 Å². The maximum absolute atomic E-state index is 14.1. The topological polar surface area (TPSA) is 126 Å². The Morgan fingerprint density at radius 1 is 0.766 bits per heavy atom. The van der Waals surface area contributed by atoms with Crippen LogP contribution in [0.5, 0.6) is 0 Å². The predicted molar refractivity (Wildman–Crippen MR) is 181 cm³/mol. The van der Waals surface area contributed by atoms with Crippen LogP contribution >= 0.6 is 15.9 Å². The molecule has 244 valence electrons. The van der Waals surface area contributed by atoms with E-state index in [4.69, 9.17) is 5.73 Å². The van der Waals surface area contributed by atoms with Gasteiger partial charge in [-0.1, -0.05) is 28.1 Å². The van der Waals surface area contributed by atoms with Crippen LogP contribution in [0.3, 0.4) is 0 Å². The fourth-order valence-electron chi connectivity index (χ4n) is 4.45. The van der Waals surface area contributed by atoms with Gasteiger partial charge >= 0.3 is 11.9 Å². The van der Waals surface area contributed by atoms with Crippen LogP contribution in [-0.4, -0.2) is 45.7 Å². The number of halogens is 3. The zero-order valence-electron chi connectivity index (χ0n) is 26.1. The molecule has 4 aromatic carbocycles. The minimum absolute atomic E-state index is 0.199. The summed E-state index contributed by atoms with van der Waals surface area (Å²) in [4.78, 5) is 22.3. The third-order valence-corrected chi connectivity index (χ3v) is 7.70. The number of aromatic nitrogens is 4. The molecule has 10 nitrogen and oxygen atoms in total. The van der Waals surface area contributed by atoms with E-state index >= 15 is 0 Å². The summed E-state index contributed by atoms with van der Waals surface area (Å²) in [7, 11) is 6.31. The van der Waals surface area contributed by atoms with Crippen molar-refractivity contribution >= 4 is 61.0 Å². The predicted octanol–water partition coefficient (Wildman–Crippen LogP) is 6.77. The Labute approximate surface area is 278 Å². The van der Waals surface area contributed by atoms with Gasteiger partial charge < -0.3 is 20.5 Å². The van der Waals surface area contributed by atoms with Gasteiger partial charge in [-0.15, -0.1) is 0 Å². The van der Waals surface area contributed by atoms with Gasteiger partial charge in [0.15, 0.2) is 0 Å². The lowest BCUT2D eigenvalue weighted by Crippen LogP contribution is -2.06. The maximum Gasteiger partial charge on any atom is 0.337 e.